The van der Waals surface area contributed by atoms with Gasteiger partial charge in [0, 0.05) is 10.9 Å². The number of methoxy groups -OCH3 is 1. The van der Waals surface area contributed by atoms with E-state index in [2.05, 4.69) is 5.32 Å². The zero-order valence-electron chi connectivity index (χ0n) is 17.2. The lowest BCUT2D eigenvalue weighted by molar-refractivity contribution is -0.148. The molecule has 2 aromatic rings. The normalized spacial score (nSPS) is 24.6. The molecular weight excluding hydrogens is 402 g/mol. The number of carboxylic acids is 1. The summed E-state index contributed by atoms with van der Waals surface area (Å²) in [7, 11) is 1.31. The lowest BCUT2D eigenvalue weighted by Crippen LogP contribution is -2.37. The Kier molecular flexibility index (Phi) is 5.40. The molecule has 4 atom stereocenters. The summed E-state index contributed by atoms with van der Waals surface area (Å²) in [5, 5.41) is 14.8. The third-order valence-electron chi connectivity index (χ3n) is 6.60. The molecule has 2 N–H and O–H groups in total. The number of fused-ring (bicyclic) bond motifs is 2. The minimum atomic E-state index is -0.905. The zero-order chi connectivity index (χ0) is 21.6. The summed E-state index contributed by atoms with van der Waals surface area (Å²) in [6.45, 7) is 3.95. The molecule has 0 spiro atoms. The van der Waals surface area contributed by atoms with Crippen LogP contribution in [-0.2, 0) is 14.3 Å². The van der Waals surface area contributed by atoms with Gasteiger partial charge in [-0.1, -0.05) is 23.8 Å². The van der Waals surface area contributed by atoms with Gasteiger partial charge in [-0.25, -0.2) is 4.79 Å². The number of carboxylic acid groups (broad SMARTS) is 1. The lowest BCUT2D eigenvalue weighted by Gasteiger charge is -2.26. The summed E-state index contributed by atoms with van der Waals surface area (Å²) in [4.78, 5) is 37.5. The zero-order valence-corrected chi connectivity index (χ0v) is 18.0. The molecule has 0 radical (unpaired) electrons. The van der Waals surface area contributed by atoms with Crippen molar-refractivity contribution in [3.8, 4) is 11.1 Å². The van der Waals surface area contributed by atoms with Gasteiger partial charge in [0.05, 0.1) is 18.9 Å². The quantitative estimate of drug-likeness (QED) is 0.685. The maximum absolute atomic E-state index is 13.1. The summed E-state index contributed by atoms with van der Waals surface area (Å²) in [6.07, 6.45) is 2.54. The van der Waals surface area contributed by atoms with Gasteiger partial charge in [-0.15, -0.1) is 11.3 Å². The van der Waals surface area contributed by atoms with Gasteiger partial charge in [0.25, 0.3) is 0 Å². The van der Waals surface area contributed by atoms with Gasteiger partial charge < -0.3 is 15.2 Å². The highest BCUT2D eigenvalue weighted by Gasteiger charge is 2.54. The maximum atomic E-state index is 13.1. The van der Waals surface area contributed by atoms with Gasteiger partial charge >= 0.3 is 11.9 Å². The van der Waals surface area contributed by atoms with E-state index in [4.69, 9.17) is 4.74 Å². The Labute approximate surface area is 179 Å². The maximum Gasteiger partial charge on any atom is 0.341 e. The topological polar surface area (TPSA) is 92.7 Å². The van der Waals surface area contributed by atoms with Crippen LogP contribution in [0.4, 0.5) is 5.00 Å². The number of amides is 1. The smallest absolute Gasteiger partial charge is 0.341 e. The van der Waals surface area contributed by atoms with Gasteiger partial charge in [-0.2, -0.15) is 0 Å². The summed E-state index contributed by atoms with van der Waals surface area (Å²) in [5.74, 6) is -2.79. The van der Waals surface area contributed by atoms with Crippen LogP contribution in [0.1, 0.15) is 40.7 Å². The molecule has 158 valence electrons. The second-order valence-corrected chi connectivity index (χ2v) is 9.26. The van der Waals surface area contributed by atoms with E-state index in [9.17, 15) is 19.5 Å². The fourth-order valence-corrected chi connectivity index (χ4v) is 6.15. The van der Waals surface area contributed by atoms with Gasteiger partial charge in [0.15, 0.2) is 0 Å². The highest BCUT2D eigenvalue weighted by molar-refractivity contribution is 7.15. The van der Waals surface area contributed by atoms with Gasteiger partial charge in [-0.05, 0) is 56.1 Å². The molecule has 1 aromatic carbocycles. The van der Waals surface area contributed by atoms with Gasteiger partial charge in [0.1, 0.15) is 10.6 Å². The van der Waals surface area contributed by atoms with E-state index in [0.29, 0.717) is 16.1 Å². The monoisotopic (exact) mass is 427 g/mol. The Hall–Kier alpha value is -2.67. The van der Waals surface area contributed by atoms with Crippen LogP contribution in [0.3, 0.4) is 0 Å². The van der Waals surface area contributed by atoms with E-state index in [1.807, 2.05) is 37.4 Å². The molecule has 2 bridgehead atoms. The minimum absolute atomic E-state index is 0.0668. The lowest BCUT2D eigenvalue weighted by atomic mass is 9.78. The average molecular weight is 428 g/mol. The predicted molar refractivity (Wildman–Crippen MR) is 115 cm³/mol. The van der Waals surface area contributed by atoms with Gasteiger partial charge in [0.2, 0.25) is 5.91 Å². The molecule has 0 saturated heterocycles. The number of thiophene rings is 1. The van der Waals surface area contributed by atoms with Crippen LogP contribution in [0, 0.1) is 37.5 Å². The number of aliphatic carboxylic acids is 1. The van der Waals surface area contributed by atoms with Crippen molar-refractivity contribution in [3.63, 3.8) is 0 Å². The first-order valence-electron chi connectivity index (χ1n) is 10.1. The number of nitrogens with one attached hydrogen (secondary N) is 1. The van der Waals surface area contributed by atoms with E-state index < -0.39 is 23.8 Å². The van der Waals surface area contributed by atoms with Crippen LogP contribution in [0.15, 0.2) is 23.6 Å². The van der Waals surface area contributed by atoms with Crippen molar-refractivity contribution in [2.75, 3.05) is 12.4 Å². The number of aryl methyl sites for hydroxylation is 2. The third kappa shape index (κ3) is 3.41. The molecule has 2 aliphatic carbocycles. The van der Waals surface area contributed by atoms with Gasteiger partial charge in [-0.3, -0.25) is 9.59 Å². The first kappa shape index (κ1) is 20.6. The summed E-state index contributed by atoms with van der Waals surface area (Å²) in [5.41, 5.74) is 4.02. The molecule has 2 saturated carbocycles. The Balaban J connectivity index is 1.69. The fraction of sp³-hybridized carbons (Fsp3) is 0.435. The number of esters is 1. The molecule has 4 unspecified atom stereocenters. The first-order valence-corrected chi connectivity index (χ1v) is 11.0. The molecule has 30 heavy (non-hydrogen) atoms. The molecule has 2 fully saturated rings. The molecule has 1 heterocycles. The number of rotatable bonds is 5. The molecule has 6 nitrogen and oxygen atoms in total. The predicted octanol–water partition coefficient (Wildman–Crippen LogP) is 4.50. The van der Waals surface area contributed by atoms with Crippen LogP contribution >= 0.6 is 11.3 Å². The number of carbonyl (C=O) groups excluding carboxylic acids is 2. The second kappa shape index (κ2) is 7.87. The van der Waals surface area contributed by atoms with Crippen LogP contribution in [0.25, 0.3) is 11.1 Å². The largest absolute Gasteiger partial charge is 0.481 e. The van der Waals surface area contributed by atoms with Crippen molar-refractivity contribution < 1.29 is 24.2 Å². The number of benzene rings is 1. The van der Waals surface area contributed by atoms with E-state index in [0.717, 1.165) is 36.0 Å². The van der Waals surface area contributed by atoms with Crippen LogP contribution in [0.2, 0.25) is 0 Å². The molecule has 4 rings (SSSR count). The van der Waals surface area contributed by atoms with Crippen LogP contribution in [0.5, 0.6) is 0 Å². The fourth-order valence-electron chi connectivity index (χ4n) is 5.20. The SMILES string of the molecule is COC(=O)c1c(-c2cc(C)ccc2C)csc1NC(=O)C1C2CCC(C2)C1C(=O)O. The summed E-state index contributed by atoms with van der Waals surface area (Å²) in [6, 6.07) is 6.01. The molecular formula is C23H25NO5S. The van der Waals surface area contributed by atoms with E-state index >= 15 is 0 Å². The Morgan fingerprint density at radius 2 is 1.80 bits per heavy atom. The van der Waals surface area contributed by atoms with Crippen molar-refractivity contribution in [1.82, 2.24) is 0 Å². The Bertz CT molecular complexity index is 1030. The number of hydrogen-bond donors (Lipinski definition) is 2. The number of anilines is 1. The molecule has 1 aromatic heterocycles. The standard InChI is InChI=1S/C23H25NO5S/c1-11-4-5-12(2)15(8-11)16-10-30-21(19(16)23(28)29-3)24-20(25)17-13-6-7-14(9-13)18(17)22(26)27/h4-5,8,10,13-14,17-18H,6-7,9H2,1-3H3,(H,24,25)(H,26,27). The minimum Gasteiger partial charge on any atom is -0.481 e. The molecule has 7 heteroatoms. The van der Waals surface area contributed by atoms with Crippen LogP contribution in [-0.4, -0.2) is 30.1 Å². The van der Waals surface area contributed by atoms with E-state index in [1.54, 1.807) is 0 Å². The molecule has 2 aliphatic rings. The number of carbonyl (C=O) groups is 3. The third-order valence-corrected chi connectivity index (χ3v) is 7.50. The van der Waals surface area contributed by atoms with E-state index in [-0.39, 0.29) is 17.7 Å². The van der Waals surface area contributed by atoms with Crippen molar-refractivity contribution in [3.05, 3.63) is 40.3 Å². The first-order chi connectivity index (χ1) is 14.3. The van der Waals surface area contributed by atoms with Crippen molar-refractivity contribution in [2.45, 2.75) is 33.1 Å². The van der Waals surface area contributed by atoms with Crippen molar-refractivity contribution >= 4 is 34.2 Å². The summed E-state index contributed by atoms with van der Waals surface area (Å²) >= 11 is 1.27. The highest BCUT2D eigenvalue weighted by Crippen LogP contribution is 2.53. The Morgan fingerprint density at radius 1 is 1.10 bits per heavy atom. The second-order valence-electron chi connectivity index (χ2n) is 8.38. The molecule has 1 amide bonds. The highest BCUT2D eigenvalue weighted by atomic mass is 32.1. The summed E-state index contributed by atoms with van der Waals surface area (Å²) < 4.78 is 5.01. The average Bonchev–Trinajstić information content (AvgIpc) is 3.43. The van der Waals surface area contributed by atoms with Crippen molar-refractivity contribution in [2.24, 2.45) is 23.7 Å². The number of ether oxygens (including phenoxy) is 1. The van der Waals surface area contributed by atoms with E-state index in [1.165, 1.54) is 18.4 Å². The molecule has 0 aliphatic heterocycles. The number of hydrogen-bond acceptors (Lipinski definition) is 5. The van der Waals surface area contributed by atoms with Crippen molar-refractivity contribution in [1.29, 1.82) is 0 Å². The Morgan fingerprint density at radius 3 is 2.47 bits per heavy atom. The van der Waals surface area contributed by atoms with Crippen LogP contribution < -0.4 is 5.32 Å².